The van der Waals surface area contributed by atoms with Gasteiger partial charge in [-0.1, -0.05) is 46.8 Å². The Labute approximate surface area is 258 Å². The number of aliphatic hydroxyl groups is 5. The Bertz CT molecular complexity index is 1130. The second-order valence-corrected chi connectivity index (χ2v) is 17.3. The van der Waals surface area contributed by atoms with Gasteiger partial charge >= 0.3 is 0 Å². The van der Waals surface area contributed by atoms with Crippen molar-refractivity contribution in [2.24, 2.45) is 56.7 Å². The number of Topliss-reactive ketones (excluding diaryl/α,β-unsaturated/α-hetero) is 1. The van der Waals surface area contributed by atoms with Gasteiger partial charge in [0, 0.05) is 5.41 Å². The van der Waals surface area contributed by atoms with Crippen LogP contribution >= 0.6 is 0 Å². The Morgan fingerprint density at radius 3 is 2.14 bits per heavy atom. The molecule has 0 aromatic heterocycles. The first-order chi connectivity index (χ1) is 20.0. The minimum Gasteiger partial charge on any atom is -0.394 e. The summed E-state index contributed by atoms with van der Waals surface area (Å²) >= 11 is 0. The van der Waals surface area contributed by atoms with Crippen molar-refractivity contribution >= 4 is 5.78 Å². The molecule has 0 aromatic carbocycles. The molecule has 6 rings (SSSR count). The molecular formula is C36H58O7. The van der Waals surface area contributed by atoms with E-state index in [-0.39, 0.29) is 45.4 Å². The summed E-state index contributed by atoms with van der Waals surface area (Å²) in [5.74, 6) is 1.50. The minimum atomic E-state index is -1.55. The highest BCUT2D eigenvalue weighted by Crippen LogP contribution is 2.77. The zero-order valence-corrected chi connectivity index (χ0v) is 27.4. The molecule has 5 N–H and O–H groups in total. The number of allylic oxidation sites excluding steroid dienone is 1. The molecule has 1 saturated heterocycles. The number of carbonyl (C=O) groups excluding carboxylic acids is 1. The van der Waals surface area contributed by atoms with Gasteiger partial charge in [-0.15, -0.1) is 0 Å². The Morgan fingerprint density at radius 1 is 0.791 bits per heavy atom. The SMILES string of the molecule is C=C(C)[C@@H]1CC[C@]2(C(=O)[C@@H]3OC(CO)[C@@H](O)[C@H](O)C3O)CC[C@]3(C)C(CCC4[C@@]5(C)CC[C@H](O)C(C)(C)C5CC[C@]43C)C12. The lowest BCUT2D eigenvalue weighted by Crippen LogP contribution is -2.68. The predicted octanol–water partition coefficient (Wildman–Crippen LogP) is 4.42. The van der Waals surface area contributed by atoms with Crippen molar-refractivity contribution in [2.75, 3.05) is 6.61 Å². The van der Waals surface area contributed by atoms with E-state index in [1.54, 1.807) is 0 Å². The topological polar surface area (TPSA) is 127 Å². The van der Waals surface area contributed by atoms with Crippen LogP contribution in [0.1, 0.15) is 106 Å². The lowest BCUT2D eigenvalue weighted by molar-refractivity contribution is -0.252. The summed E-state index contributed by atoms with van der Waals surface area (Å²) in [5.41, 5.74) is 0.647. The molecule has 1 heterocycles. The lowest BCUT2D eigenvalue weighted by Gasteiger charge is -2.73. The molecule has 6 unspecified atom stereocenters. The molecule has 7 heteroatoms. The fourth-order valence-corrected chi connectivity index (χ4v) is 13.2. The number of carbonyl (C=O) groups is 1. The van der Waals surface area contributed by atoms with Crippen molar-refractivity contribution < 1.29 is 35.1 Å². The largest absolute Gasteiger partial charge is 0.394 e. The monoisotopic (exact) mass is 602 g/mol. The highest BCUT2D eigenvalue weighted by molar-refractivity contribution is 5.90. The van der Waals surface area contributed by atoms with Gasteiger partial charge in [-0.25, -0.2) is 0 Å². The molecule has 43 heavy (non-hydrogen) atoms. The first kappa shape index (κ1) is 32.1. The van der Waals surface area contributed by atoms with Gasteiger partial charge in [-0.05, 0) is 122 Å². The third-order valence-electron chi connectivity index (χ3n) is 15.7. The highest BCUT2D eigenvalue weighted by Gasteiger charge is 2.72. The van der Waals surface area contributed by atoms with Crippen LogP contribution in [0.2, 0.25) is 0 Å². The summed E-state index contributed by atoms with van der Waals surface area (Å²) in [6.07, 6.45) is 2.44. The summed E-state index contributed by atoms with van der Waals surface area (Å²) < 4.78 is 5.91. The Hall–Kier alpha value is -0.830. The van der Waals surface area contributed by atoms with E-state index < -0.39 is 42.5 Å². The molecule has 15 atom stereocenters. The van der Waals surface area contributed by atoms with Crippen molar-refractivity contribution in [3.63, 3.8) is 0 Å². The molecule has 244 valence electrons. The number of ketones is 1. The first-order valence-electron chi connectivity index (χ1n) is 17.2. The summed E-state index contributed by atoms with van der Waals surface area (Å²) in [6.45, 7) is 18.2. The molecular weight excluding hydrogens is 544 g/mol. The van der Waals surface area contributed by atoms with Gasteiger partial charge in [0.05, 0.1) is 12.7 Å². The number of fused-ring (bicyclic) bond motifs is 7. The second-order valence-electron chi connectivity index (χ2n) is 17.3. The summed E-state index contributed by atoms with van der Waals surface area (Å²) in [7, 11) is 0. The summed E-state index contributed by atoms with van der Waals surface area (Å²) in [6, 6.07) is 0. The average Bonchev–Trinajstić information content (AvgIpc) is 3.35. The van der Waals surface area contributed by atoms with E-state index in [9.17, 15) is 30.3 Å². The molecule has 6 fully saturated rings. The van der Waals surface area contributed by atoms with E-state index in [1.165, 1.54) is 0 Å². The van der Waals surface area contributed by atoms with Crippen LogP contribution in [-0.4, -0.2) is 74.5 Å². The van der Waals surface area contributed by atoms with E-state index in [4.69, 9.17) is 4.74 Å². The smallest absolute Gasteiger partial charge is 0.170 e. The van der Waals surface area contributed by atoms with Crippen LogP contribution in [0.4, 0.5) is 0 Å². The van der Waals surface area contributed by atoms with Crippen LogP contribution in [0.15, 0.2) is 12.2 Å². The quantitative estimate of drug-likeness (QED) is 0.302. The number of rotatable bonds is 4. The zero-order chi connectivity index (χ0) is 31.5. The Kier molecular flexibility index (Phi) is 7.72. The van der Waals surface area contributed by atoms with Crippen LogP contribution in [0.3, 0.4) is 0 Å². The molecule has 5 saturated carbocycles. The molecule has 0 radical (unpaired) electrons. The third-order valence-corrected chi connectivity index (χ3v) is 15.7. The van der Waals surface area contributed by atoms with E-state index in [2.05, 4.69) is 48.1 Å². The molecule has 0 bridgehead atoms. The van der Waals surface area contributed by atoms with Gasteiger partial charge in [-0.2, -0.15) is 0 Å². The maximum Gasteiger partial charge on any atom is 0.170 e. The van der Waals surface area contributed by atoms with Crippen LogP contribution < -0.4 is 0 Å². The molecule has 0 amide bonds. The van der Waals surface area contributed by atoms with Crippen molar-refractivity contribution in [2.45, 2.75) is 142 Å². The van der Waals surface area contributed by atoms with E-state index in [1.807, 2.05) is 0 Å². The fraction of sp³-hybridized carbons (Fsp3) is 0.917. The van der Waals surface area contributed by atoms with E-state index in [0.717, 1.165) is 63.4 Å². The average molecular weight is 603 g/mol. The summed E-state index contributed by atoms with van der Waals surface area (Å²) in [5, 5.41) is 52.9. The number of hydrogen-bond donors (Lipinski definition) is 5. The van der Waals surface area contributed by atoms with Gasteiger partial charge in [0.15, 0.2) is 5.78 Å². The molecule has 0 spiro atoms. The predicted molar refractivity (Wildman–Crippen MR) is 164 cm³/mol. The van der Waals surface area contributed by atoms with Crippen molar-refractivity contribution in [1.82, 2.24) is 0 Å². The minimum absolute atomic E-state index is 0.0337. The van der Waals surface area contributed by atoms with Crippen LogP contribution in [0.25, 0.3) is 0 Å². The molecule has 0 aromatic rings. The standard InChI is InChI=1S/C36H58O7/c1-19(2)20-10-15-36(31(42)30-29(41)28(40)27(39)22(18-37)43-30)17-16-34(6)21(26(20)36)8-9-24-33(5)13-12-25(38)32(3,4)23(33)11-14-35(24,34)7/h20-30,37-41H,1,8-18H2,2-7H3/t20-,21?,22?,23?,24?,25-,26?,27+,28-,29?,30+,33-,34+,35+,36-/m0/s1. The molecule has 6 aliphatic rings. The molecule has 5 aliphatic carbocycles. The Balaban J connectivity index is 1.38. The van der Waals surface area contributed by atoms with E-state index in [0.29, 0.717) is 24.2 Å². The van der Waals surface area contributed by atoms with Gasteiger partial charge in [0.1, 0.15) is 30.5 Å². The summed E-state index contributed by atoms with van der Waals surface area (Å²) in [4.78, 5) is 14.7. The molecule has 1 aliphatic heterocycles. The number of aliphatic hydroxyl groups excluding tert-OH is 5. The van der Waals surface area contributed by atoms with E-state index >= 15 is 0 Å². The maximum atomic E-state index is 14.7. The number of ether oxygens (including phenoxy) is 1. The lowest BCUT2D eigenvalue weighted by atomic mass is 9.32. The van der Waals surface area contributed by atoms with Gasteiger partial charge in [0.25, 0.3) is 0 Å². The first-order valence-corrected chi connectivity index (χ1v) is 17.2. The van der Waals surface area contributed by atoms with Crippen molar-refractivity contribution in [3.05, 3.63) is 12.2 Å². The number of hydrogen-bond acceptors (Lipinski definition) is 7. The van der Waals surface area contributed by atoms with Gasteiger partial charge < -0.3 is 30.3 Å². The third kappa shape index (κ3) is 4.10. The van der Waals surface area contributed by atoms with Crippen LogP contribution in [-0.2, 0) is 9.53 Å². The van der Waals surface area contributed by atoms with Crippen LogP contribution in [0, 0.1) is 56.7 Å². The van der Waals surface area contributed by atoms with Gasteiger partial charge in [0.2, 0.25) is 0 Å². The highest BCUT2D eigenvalue weighted by atomic mass is 16.5. The molecule has 7 nitrogen and oxygen atoms in total. The van der Waals surface area contributed by atoms with Crippen molar-refractivity contribution in [1.29, 1.82) is 0 Å². The van der Waals surface area contributed by atoms with Crippen molar-refractivity contribution in [3.8, 4) is 0 Å². The normalized spacial score (nSPS) is 55.8. The Morgan fingerprint density at radius 2 is 1.49 bits per heavy atom. The maximum absolute atomic E-state index is 14.7. The van der Waals surface area contributed by atoms with Crippen LogP contribution in [0.5, 0.6) is 0 Å². The second kappa shape index (κ2) is 10.3. The zero-order valence-electron chi connectivity index (χ0n) is 27.4. The fourth-order valence-electron chi connectivity index (χ4n) is 13.2. The van der Waals surface area contributed by atoms with Gasteiger partial charge in [-0.3, -0.25) is 4.79 Å².